The fourth-order valence-electron chi connectivity index (χ4n) is 1.07. The Kier molecular flexibility index (Phi) is 3.23. The van der Waals surface area contributed by atoms with Crippen molar-refractivity contribution in [2.75, 3.05) is 7.11 Å². The van der Waals surface area contributed by atoms with E-state index in [-0.39, 0.29) is 11.1 Å². The zero-order valence-electron chi connectivity index (χ0n) is 7.97. The maximum Gasteiger partial charge on any atom is 0.339 e. The summed E-state index contributed by atoms with van der Waals surface area (Å²) in [5, 5.41) is 18.4. The molecule has 82 valence electrons. The third kappa shape index (κ3) is 2.23. The fraction of sp³-hybridized carbons (Fsp3) is 0.333. The summed E-state index contributed by atoms with van der Waals surface area (Å²) in [6.45, 7) is 3.27. The van der Waals surface area contributed by atoms with Crippen LogP contribution in [0.4, 0.5) is 0 Å². The van der Waals surface area contributed by atoms with Crippen LogP contribution in [0.1, 0.15) is 0 Å². The van der Waals surface area contributed by atoms with Crippen molar-refractivity contribution in [1.82, 2.24) is 0 Å². The van der Waals surface area contributed by atoms with Crippen LogP contribution in [0.2, 0.25) is 0 Å². The van der Waals surface area contributed by atoms with Gasteiger partial charge in [0.25, 0.3) is 0 Å². The van der Waals surface area contributed by atoms with E-state index in [0.717, 1.165) is 13.2 Å². The Morgan fingerprint density at radius 3 is 2.73 bits per heavy atom. The third-order valence-corrected chi connectivity index (χ3v) is 1.86. The van der Waals surface area contributed by atoms with Crippen LogP contribution in [0.25, 0.3) is 0 Å². The maximum absolute atomic E-state index is 11.0. The largest absolute Gasteiger partial charge is 0.466 e. The van der Waals surface area contributed by atoms with E-state index in [1.807, 2.05) is 0 Å². The lowest BCUT2D eigenvalue weighted by Gasteiger charge is -2.10. The molecule has 0 bridgehead atoms. The van der Waals surface area contributed by atoms with Gasteiger partial charge in [-0.3, -0.25) is 0 Å². The molecular formula is C9H10O6. The van der Waals surface area contributed by atoms with E-state index in [1.165, 1.54) is 0 Å². The lowest BCUT2D eigenvalue weighted by Crippen LogP contribution is -2.23. The van der Waals surface area contributed by atoms with Crippen molar-refractivity contribution in [1.29, 1.82) is 0 Å². The number of ether oxygens (including phenoxy) is 2. The molecule has 1 aliphatic rings. The van der Waals surface area contributed by atoms with E-state index in [4.69, 9.17) is 5.11 Å². The molecular weight excluding hydrogens is 204 g/mol. The van der Waals surface area contributed by atoms with Crippen molar-refractivity contribution in [3.63, 3.8) is 0 Å². The summed E-state index contributed by atoms with van der Waals surface area (Å²) in [5.74, 6) is -1.72. The van der Waals surface area contributed by atoms with E-state index in [2.05, 4.69) is 16.1 Å². The van der Waals surface area contributed by atoms with Gasteiger partial charge in [-0.05, 0) is 6.08 Å². The van der Waals surface area contributed by atoms with Gasteiger partial charge < -0.3 is 19.7 Å². The molecule has 2 atom stereocenters. The summed E-state index contributed by atoms with van der Waals surface area (Å²) in [6.07, 6.45) is -1.92. The number of cyclic esters (lactones) is 1. The Bertz CT molecular complexity index is 343. The molecule has 6 nitrogen and oxygen atoms in total. The number of hydrogen-bond acceptors (Lipinski definition) is 6. The molecule has 1 rings (SSSR count). The van der Waals surface area contributed by atoms with Crippen molar-refractivity contribution in [3.8, 4) is 0 Å². The molecule has 0 aromatic heterocycles. The second-order valence-corrected chi connectivity index (χ2v) is 2.84. The van der Waals surface area contributed by atoms with Gasteiger partial charge in [0.2, 0.25) is 6.29 Å². The summed E-state index contributed by atoms with van der Waals surface area (Å²) in [6, 6.07) is 0. The summed E-state index contributed by atoms with van der Waals surface area (Å²) in [4.78, 5) is 22.0. The smallest absolute Gasteiger partial charge is 0.339 e. The zero-order chi connectivity index (χ0) is 11.6. The van der Waals surface area contributed by atoms with Crippen molar-refractivity contribution >= 4 is 11.9 Å². The highest BCUT2D eigenvalue weighted by Crippen LogP contribution is 2.20. The Labute approximate surface area is 85.4 Å². The highest BCUT2D eigenvalue weighted by Gasteiger charge is 2.32. The number of hydrogen-bond donors (Lipinski definition) is 2. The average molecular weight is 214 g/mol. The standard InChI is InChI=1S/C9H10O6/c1-4(8(12)14-2)7(11)5-3-6(10)15-9(5)13/h3,6-7,10-11H,1H2,2H3. The van der Waals surface area contributed by atoms with E-state index >= 15 is 0 Å². The highest BCUT2D eigenvalue weighted by atomic mass is 16.6. The van der Waals surface area contributed by atoms with E-state index in [9.17, 15) is 14.7 Å². The molecule has 0 aromatic carbocycles. The summed E-state index contributed by atoms with van der Waals surface area (Å²) >= 11 is 0. The average Bonchev–Trinajstić information content (AvgIpc) is 2.54. The minimum absolute atomic E-state index is 0.224. The predicted molar refractivity (Wildman–Crippen MR) is 47.3 cm³/mol. The van der Waals surface area contributed by atoms with Gasteiger partial charge in [-0.15, -0.1) is 0 Å². The van der Waals surface area contributed by atoms with Crippen LogP contribution < -0.4 is 0 Å². The lowest BCUT2D eigenvalue weighted by molar-refractivity contribution is -0.151. The van der Waals surface area contributed by atoms with Crippen LogP contribution in [0.15, 0.2) is 23.8 Å². The third-order valence-electron chi connectivity index (χ3n) is 1.86. The first kappa shape index (κ1) is 11.4. The number of esters is 2. The van der Waals surface area contributed by atoms with Crippen LogP contribution in [-0.4, -0.2) is 41.7 Å². The van der Waals surface area contributed by atoms with Gasteiger partial charge in [0.05, 0.1) is 18.3 Å². The second-order valence-electron chi connectivity index (χ2n) is 2.84. The van der Waals surface area contributed by atoms with Gasteiger partial charge in [-0.1, -0.05) is 6.58 Å². The monoisotopic (exact) mass is 214 g/mol. The molecule has 15 heavy (non-hydrogen) atoms. The predicted octanol–water partition coefficient (Wildman–Crippen LogP) is -1.12. The maximum atomic E-state index is 11.0. The number of carbonyl (C=O) groups excluding carboxylic acids is 2. The van der Waals surface area contributed by atoms with E-state index in [1.54, 1.807) is 0 Å². The first-order valence-electron chi connectivity index (χ1n) is 4.03. The first-order valence-corrected chi connectivity index (χ1v) is 4.03. The quantitative estimate of drug-likeness (QED) is 0.456. The molecule has 0 saturated heterocycles. The molecule has 2 N–H and O–H groups in total. The minimum atomic E-state index is -1.53. The molecule has 1 aliphatic heterocycles. The van der Waals surface area contributed by atoms with E-state index < -0.39 is 24.3 Å². The Morgan fingerprint density at radius 2 is 2.33 bits per heavy atom. The van der Waals surface area contributed by atoms with E-state index in [0.29, 0.717) is 0 Å². The zero-order valence-corrected chi connectivity index (χ0v) is 7.97. The topological polar surface area (TPSA) is 93.1 Å². The van der Waals surface area contributed by atoms with Crippen LogP contribution in [-0.2, 0) is 19.1 Å². The molecule has 0 radical (unpaired) electrons. The SMILES string of the molecule is C=C(C(=O)OC)C(O)C1=CC(O)OC1=O. The van der Waals surface area contributed by atoms with Crippen LogP contribution in [0.3, 0.4) is 0 Å². The number of rotatable bonds is 3. The van der Waals surface area contributed by atoms with Gasteiger partial charge >= 0.3 is 11.9 Å². The van der Waals surface area contributed by atoms with Crippen molar-refractivity contribution in [2.24, 2.45) is 0 Å². The van der Waals surface area contributed by atoms with Crippen LogP contribution in [0, 0.1) is 0 Å². The summed E-state index contributed by atoms with van der Waals surface area (Å²) in [5.41, 5.74) is -0.521. The van der Waals surface area contributed by atoms with Crippen LogP contribution in [0.5, 0.6) is 0 Å². The van der Waals surface area contributed by atoms with Crippen molar-refractivity contribution in [3.05, 3.63) is 23.8 Å². The van der Waals surface area contributed by atoms with Gasteiger partial charge in [0.15, 0.2) is 0 Å². The van der Waals surface area contributed by atoms with Gasteiger partial charge in [0, 0.05) is 0 Å². The molecule has 2 unspecified atom stereocenters. The molecule has 0 spiro atoms. The van der Waals surface area contributed by atoms with Gasteiger partial charge in [0.1, 0.15) is 6.10 Å². The number of aliphatic hydroxyl groups excluding tert-OH is 2. The molecule has 0 amide bonds. The normalized spacial score (nSPS) is 21.7. The fourth-order valence-corrected chi connectivity index (χ4v) is 1.07. The number of carbonyl (C=O) groups is 2. The molecule has 0 saturated carbocycles. The molecule has 6 heteroatoms. The van der Waals surface area contributed by atoms with Crippen LogP contribution >= 0.6 is 0 Å². The molecule has 0 aliphatic carbocycles. The minimum Gasteiger partial charge on any atom is -0.466 e. The number of aliphatic hydroxyl groups is 2. The lowest BCUT2D eigenvalue weighted by atomic mass is 10.0. The Morgan fingerprint density at radius 1 is 1.73 bits per heavy atom. The van der Waals surface area contributed by atoms with Crippen molar-refractivity contribution < 1.29 is 29.3 Å². The first-order chi connectivity index (χ1) is 6.97. The van der Waals surface area contributed by atoms with Gasteiger partial charge in [-0.2, -0.15) is 0 Å². The second kappa shape index (κ2) is 4.24. The Hall–Kier alpha value is -1.66. The molecule has 0 aromatic rings. The summed E-state index contributed by atoms with van der Waals surface area (Å²) in [7, 11) is 1.12. The highest BCUT2D eigenvalue weighted by molar-refractivity contribution is 5.97. The number of methoxy groups -OCH3 is 1. The Balaban J connectivity index is 2.81. The molecule has 1 heterocycles. The summed E-state index contributed by atoms with van der Waals surface area (Å²) < 4.78 is 8.64. The molecule has 0 fully saturated rings. The van der Waals surface area contributed by atoms with Crippen molar-refractivity contribution in [2.45, 2.75) is 12.4 Å². The van der Waals surface area contributed by atoms with Gasteiger partial charge in [-0.25, -0.2) is 9.59 Å².